The molecule has 28 heavy (non-hydrogen) atoms. The average Bonchev–Trinajstić information content (AvgIpc) is 3.06. The first-order valence-electron chi connectivity index (χ1n) is 8.78. The summed E-state index contributed by atoms with van der Waals surface area (Å²) in [5.74, 6) is 1.32. The lowest BCUT2D eigenvalue weighted by molar-refractivity contribution is 0.0697. The third kappa shape index (κ3) is 5.11. The Labute approximate surface area is 172 Å². The van der Waals surface area contributed by atoms with E-state index < -0.39 is 5.97 Å². The standard InChI is InChI=1S/C19H21N5O2S2/c1-4-24-16(11-27-18-20-12(2)9-13(3)21-18)22-23-19(24)28-10-14-5-7-15(8-6-14)17(25)26/h5-9H,4,10-11H2,1-3H3,(H,25,26). The second kappa shape index (κ2) is 9.20. The van der Waals surface area contributed by atoms with Crippen LogP contribution in [-0.2, 0) is 18.1 Å². The zero-order chi connectivity index (χ0) is 20.1. The Kier molecular flexibility index (Phi) is 6.69. The maximum Gasteiger partial charge on any atom is 0.335 e. The van der Waals surface area contributed by atoms with Crippen LogP contribution in [0.25, 0.3) is 0 Å². The van der Waals surface area contributed by atoms with Crippen LogP contribution in [-0.4, -0.2) is 35.8 Å². The van der Waals surface area contributed by atoms with Gasteiger partial charge in [0.25, 0.3) is 0 Å². The molecule has 3 rings (SSSR count). The molecule has 0 radical (unpaired) electrons. The Balaban J connectivity index is 1.65. The fourth-order valence-electron chi connectivity index (χ4n) is 2.63. The normalized spacial score (nSPS) is 11.0. The van der Waals surface area contributed by atoms with E-state index in [4.69, 9.17) is 5.11 Å². The molecule has 0 aliphatic carbocycles. The molecule has 0 saturated carbocycles. The first-order valence-corrected chi connectivity index (χ1v) is 10.8. The van der Waals surface area contributed by atoms with Crippen LogP contribution in [0.4, 0.5) is 0 Å². The van der Waals surface area contributed by atoms with Crippen LogP contribution in [0, 0.1) is 13.8 Å². The molecule has 0 amide bonds. The van der Waals surface area contributed by atoms with E-state index in [-0.39, 0.29) is 0 Å². The van der Waals surface area contributed by atoms with E-state index in [1.54, 1.807) is 35.7 Å². The monoisotopic (exact) mass is 415 g/mol. The van der Waals surface area contributed by atoms with E-state index in [0.717, 1.165) is 39.6 Å². The minimum atomic E-state index is -0.917. The number of carboxylic acid groups (broad SMARTS) is 1. The number of hydrogen-bond donors (Lipinski definition) is 1. The molecule has 0 unspecified atom stereocenters. The maximum atomic E-state index is 10.9. The number of nitrogens with zero attached hydrogens (tertiary/aromatic N) is 5. The van der Waals surface area contributed by atoms with Gasteiger partial charge in [-0.15, -0.1) is 10.2 Å². The lowest BCUT2D eigenvalue weighted by atomic mass is 10.1. The van der Waals surface area contributed by atoms with E-state index in [1.165, 1.54) is 0 Å². The topological polar surface area (TPSA) is 93.8 Å². The van der Waals surface area contributed by atoms with Gasteiger partial charge in [-0.2, -0.15) is 0 Å². The van der Waals surface area contributed by atoms with E-state index >= 15 is 0 Å². The van der Waals surface area contributed by atoms with Crippen molar-refractivity contribution in [2.24, 2.45) is 0 Å². The Morgan fingerprint density at radius 1 is 1.04 bits per heavy atom. The van der Waals surface area contributed by atoms with E-state index in [9.17, 15) is 4.79 Å². The minimum Gasteiger partial charge on any atom is -0.478 e. The molecule has 0 aliphatic rings. The van der Waals surface area contributed by atoms with Crippen molar-refractivity contribution in [2.75, 3.05) is 0 Å². The summed E-state index contributed by atoms with van der Waals surface area (Å²) in [4.78, 5) is 19.8. The molecule has 1 aromatic carbocycles. The van der Waals surface area contributed by atoms with Crippen molar-refractivity contribution in [3.63, 3.8) is 0 Å². The van der Waals surface area contributed by atoms with Gasteiger partial charge in [0, 0.05) is 23.7 Å². The first kappa shape index (κ1) is 20.3. The van der Waals surface area contributed by atoms with Gasteiger partial charge in [-0.1, -0.05) is 35.7 Å². The molecule has 0 spiro atoms. The molecule has 2 heterocycles. The van der Waals surface area contributed by atoms with E-state index in [2.05, 4.69) is 31.7 Å². The predicted molar refractivity (Wildman–Crippen MR) is 110 cm³/mol. The molecule has 146 valence electrons. The summed E-state index contributed by atoms with van der Waals surface area (Å²) in [6, 6.07) is 8.86. The van der Waals surface area contributed by atoms with Crippen molar-refractivity contribution in [3.8, 4) is 0 Å². The van der Waals surface area contributed by atoms with Gasteiger partial charge in [0.1, 0.15) is 5.82 Å². The lowest BCUT2D eigenvalue weighted by Crippen LogP contribution is -2.03. The molecule has 0 fully saturated rings. The zero-order valence-electron chi connectivity index (χ0n) is 15.9. The van der Waals surface area contributed by atoms with Crippen LogP contribution in [0.5, 0.6) is 0 Å². The van der Waals surface area contributed by atoms with Crippen molar-refractivity contribution >= 4 is 29.5 Å². The van der Waals surface area contributed by atoms with Crippen LogP contribution in [0.15, 0.2) is 40.6 Å². The number of benzene rings is 1. The molecule has 0 bridgehead atoms. The van der Waals surface area contributed by atoms with Crippen LogP contribution >= 0.6 is 23.5 Å². The molecule has 7 nitrogen and oxygen atoms in total. The summed E-state index contributed by atoms with van der Waals surface area (Å²) in [6.07, 6.45) is 0. The van der Waals surface area contributed by atoms with Gasteiger partial charge in [0.2, 0.25) is 0 Å². The third-order valence-corrected chi connectivity index (χ3v) is 5.85. The largest absolute Gasteiger partial charge is 0.478 e. The van der Waals surface area contributed by atoms with Gasteiger partial charge in [0.05, 0.1) is 11.3 Å². The lowest BCUT2D eigenvalue weighted by Gasteiger charge is -2.07. The average molecular weight is 416 g/mol. The Morgan fingerprint density at radius 2 is 1.71 bits per heavy atom. The van der Waals surface area contributed by atoms with Gasteiger partial charge in [0.15, 0.2) is 10.3 Å². The molecule has 0 atom stereocenters. The molecule has 3 aromatic rings. The highest BCUT2D eigenvalue weighted by atomic mass is 32.2. The second-order valence-corrected chi connectivity index (χ2v) is 8.04. The summed E-state index contributed by atoms with van der Waals surface area (Å²) in [6.45, 7) is 6.77. The van der Waals surface area contributed by atoms with Crippen LogP contribution in [0.1, 0.15) is 40.1 Å². The fourth-order valence-corrected chi connectivity index (χ4v) is 4.49. The highest BCUT2D eigenvalue weighted by Gasteiger charge is 2.13. The minimum absolute atomic E-state index is 0.290. The maximum absolute atomic E-state index is 10.9. The molecule has 9 heteroatoms. The van der Waals surface area contributed by atoms with Gasteiger partial charge >= 0.3 is 5.97 Å². The Bertz CT molecular complexity index is 953. The Hall–Kier alpha value is -2.39. The smallest absolute Gasteiger partial charge is 0.335 e. The Morgan fingerprint density at radius 3 is 2.32 bits per heavy atom. The number of thioether (sulfide) groups is 2. The van der Waals surface area contributed by atoms with Crippen molar-refractivity contribution in [1.82, 2.24) is 24.7 Å². The molecule has 2 aromatic heterocycles. The van der Waals surface area contributed by atoms with E-state index in [1.807, 2.05) is 32.0 Å². The quantitative estimate of drug-likeness (QED) is 0.436. The summed E-state index contributed by atoms with van der Waals surface area (Å²) < 4.78 is 2.09. The van der Waals surface area contributed by atoms with E-state index in [0.29, 0.717) is 17.1 Å². The third-order valence-electron chi connectivity index (χ3n) is 3.97. The number of rotatable bonds is 8. The second-order valence-electron chi connectivity index (χ2n) is 6.16. The highest BCUT2D eigenvalue weighted by molar-refractivity contribution is 7.98. The van der Waals surface area contributed by atoms with Crippen LogP contribution < -0.4 is 0 Å². The summed E-state index contributed by atoms with van der Waals surface area (Å²) in [5.41, 5.74) is 3.24. The van der Waals surface area contributed by atoms with Crippen LogP contribution in [0.3, 0.4) is 0 Å². The first-order chi connectivity index (χ1) is 13.5. The zero-order valence-corrected chi connectivity index (χ0v) is 17.5. The van der Waals surface area contributed by atoms with Crippen molar-refractivity contribution in [3.05, 3.63) is 58.7 Å². The fraction of sp³-hybridized carbons (Fsp3) is 0.316. The highest BCUT2D eigenvalue weighted by Crippen LogP contribution is 2.25. The number of carboxylic acids is 1. The number of hydrogen-bond acceptors (Lipinski definition) is 7. The van der Waals surface area contributed by atoms with Gasteiger partial charge in [-0.05, 0) is 44.5 Å². The molecule has 1 N–H and O–H groups in total. The molecular weight excluding hydrogens is 394 g/mol. The molecule has 0 aliphatic heterocycles. The summed E-state index contributed by atoms with van der Waals surface area (Å²) in [5, 5.41) is 19.2. The number of carbonyl (C=O) groups is 1. The number of aromatic nitrogens is 5. The van der Waals surface area contributed by atoms with Crippen molar-refractivity contribution in [2.45, 2.75) is 49.1 Å². The van der Waals surface area contributed by atoms with Crippen LogP contribution in [0.2, 0.25) is 0 Å². The van der Waals surface area contributed by atoms with Gasteiger partial charge in [-0.25, -0.2) is 14.8 Å². The predicted octanol–water partition coefficient (Wildman–Crippen LogP) is 3.99. The van der Waals surface area contributed by atoms with Gasteiger partial charge in [-0.3, -0.25) is 0 Å². The number of aromatic carboxylic acids is 1. The SMILES string of the molecule is CCn1c(CSc2nc(C)cc(C)n2)nnc1SCc1ccc(C(=O)O)cc1. The summed E-state index contributed by atoms with van der Waals surface area (Å²) >= 11 is 3.14. The van der Waals surface area contributed by atoms with Crippen molar-refractivity contribution < 1.29 is 9.90 Å². The van der Waals surface area contributed by atoms with Gasteiger partial charge < -0.3 is 9.67 Å². The molecule has 0 saturated heterocycles. The summed E-state index contributed by atoms with van der Waals surface area (Å²) in [7, 11) is 0. The number of aryl methyl sites for hydroxylation is 2. The van der Waals surface area contributed by atoms with Crippen molar-refractivity contribution in [1.29, 1.82) is 0 Å². The molecular formula is C19H21N5O2S2.